The van der Waals surface area contributed by atoms with Crippen LogP contribution in [0, 0.1) is 5.92 Å². The van der Waals surface area contributed by atoms with Crippen LogP contribution in [0.15, 0.2) is 23.1 Å². The number of alkyl halides is 6. The lowest BCUT2D eigenvalue weighted by molar-refractivity contribution is -0.376. The SMILES string of the molecule is CC[C@H]1CN(C(=O)C(C)C)c2ccc(C(O)(C(F)(F)F)C(F)(F)F)cc2S1. The number of amides is 1. The normalized spacial score (nSPS) is 18.6. The Labute approximate surface area is 156 Å². The van der Waals surface area contributed by atoms with Crippen LogP contribution >= 0.6 is 11.8 Å². The maximum absolute atomic E-state index is 13.1. The Morgan fingerprint density at radius 2 is 1.78 bits per heavy atom. The van der Waals surface area contributed by atoms with Gasteiger partial charge in [-0.3, -0.25) is 4.79 Å². The average molecular weight is 415 g/mol. The first-order valence-corrected chi connectivity index (χ1v) is 9.10. The van der Waals surface area contributed by atoms with Crippen LogP contribution in [0.1, 0.15) is 32.8 Å². The van der Waals surface area contributed by atoms with E-state index in [2.05, 4.69) is 0 Å². The van der Waals surface area contributed by atoms with E-state index in [1.807, 2.05) is 6.92 Å². The van der Waals surface area contributed by atoms with Gasteiger partial charge in [-0.2, -0.15) is 26.3 Å². The Morgan fingerprint density at radius 1 is 1.22 bits per heavy atom. The summed E-state index contributed by atoms with van der Waals surface area (Å²) in [5.74, 6) is -0.662. The maximum atomic E-state index is 13.1. The van der Waals surface area contributed by atoms with Gasteiger partial charge in [-0.15, -0.1) is 11.8 Å². The highest BCUT2D eigenvalue weighted by Gasteiger charge is 2.71. The third-order valence-electron chi connectivity index (χ3n) is 4.38. The largest absolute Gasteiger partial charge is 0.430 e. The highest BCUT2D eigenvalue weighted by Crippen LogP contribution is 2.52. The number of thioether (sulfide) groups is 1. The molecule has 2 rings (SSSR count). The van der Waals surface area contributed by atoms with Crippen molar-refractivity contribution in [3.63, 3.8) is 0 Å². The molecular weight excluding hydrogens is 396 g/mol. The van der Waals surface area contributed by atoms with E-state index in [4.69, 9.17) is 0 Å². The number of rotatable bonds is 3. The second-order valence-electron chi connectivity index (χ2n) is 6.64. The van der Waals surface area contributed by atoms with Gasteiger partial charge in [0.2, 0.25) is 5.91 Å². The summed E-state index contributed by atoms with van der Waals surface area (Å²) in [6.45, 7) is 5.44. The van der Waals surface area contributed by atoms with Crippen molar-refractivity contribution in [1.82, 2.24) is 0 Å². The molecule has 3 nitrogen and oxygen atoms in total. The summed E-state index contributed by atoms with van der Waals surface area (Å²) < 4.78 is 78.8. The second kappa shape index (κ2) is 7.20. The highest BCUT2D eigenvalue weighted by molar-refractivity contribution is 8.00. The Kier molecular flexibility index (Phi) is 5.83. The summed E-state index contributed by atoms with van der Waals surface area (Å²) in [5.41, 5.74) is -6.05. The number of fused-ring (bicyclic) bond motifs is 1. The van der Waals surface area contributed by atoms with E-state index < -0.39 is 23.5 Å². The van der Waals surface area contributed by atoms with Crippen molar-refractivity contribution in [1.29, 1.82) is 0 Å². The van der Waals surface area contributed by atoms with Gasteiger partial charge >= 0.3 is 12.4 Å². The van der Waals surface area contributed by atoms with Crippen molar-refractivity contribution in [2.24, 2.45) is 5.92 Å². The van der Waals surface area contributed by atoms with Crippen LogP contribution in [-0.2, 0) is 10.4 Å². The number of nitrogens with zero attached hydrogens (tertiary/aromatic N) is 1. The van der Waals surface area contributed by atoms with E-state index in [-0.39, 0.29) is 27.7 Å². The average Bonchev–Trinajstić information content (AvgIpc) is 2.56. The lowest BCUT2D eigenvalue weighted by Crippen LogP contribution is -2.54. The van der Waals surface area contributed by atoms with Crippen LogP contribution in [0.5, 0.6) is 0 Å². The smallest absolute Gasteiger partial charge is 0.369 e. The number of carbonyl (C=O) groups is 1. The van der Waals surface area contributed by atoms with Crippen LogP contribution in [-0.4, -0.2) is 35.2 Å². The van der Waals surface area contributed by atoms with E-state index in [0.717, 1.165) is 17.8 Å². The molecule has 0 saturated carbocycles. The van der Waals surface area contributed by atoms with Gasteiger partial charge in [0.05, 0.1) is 5.69 Å². The molecule has 1 aromatic rings. The topological polar surface area (TPSA) is 40.5 Å². The summed E-state index contributed by atoms with van der Waals surface area (Å²) in [4.78, 5) is 13.9. The first kappa shape index (κ1) is 21.9. The Morgan fingerprint density at radius 3 is 2.22 bits per heavy atom. The highest BCUT2D eigenvalue weighted by atomic mass is 32.2. The molecule has 1 aliphatic heterocycles. The first-order valence-electron chi connectivity index (χ1n) is 8.22. The summed E-state index contributed by atoms with van der Waals surface area (Å²) >= 11 is 1.10. The molecule has 0 aliphatic carbocycles. The van der Waals surface area contributed by atoms with E-state index in [1.54, 1.807) is 13.8 Å². The van der Waals surface area contributed by atoms with E-state index in [9.17, 15) is 36.2 Å². The molecule has 152 valence electrons. The van der Waals surface area contributed by atoms with Crippen LogP contribution in [0.4, 0.5) is 32.0 Å². The van der Waals surface area contributed by atoms with Crippen molar-refractivity contribution >= 4 is 23.4 Å². The number of hydrogen-bond donors (Lipinski definition) is 1. The molecule has 0 aromatic heterocycles. The maximum Gasteiger partial charge on any atom is 0.430 e. The molecular formula is C17H19F6NO2S. The van der Waals surface area contributed by atoms with Gasteiger partial charge in [0.25, 0.3) is 5.60 Å². The molecule has 1 aliphatic rings. The van der Waals surface area contributed by atoms with Crippen molar-refractivity contribution in [2.75, 3.05) is 11.4 Å². The quantitative estimate of drug-likeness (QED) is 0.716. The van der Waals surface area contributed by atoms with Crippen LogP contribution in [0.25, 0.3) is 0 Å². The van der Waals surface area contributed by atoms with E-state index in [1.165, 1.54) is 4.90 Å². The predicted octanol–water partition coefficient (Wildman–Crippen LogP) is 4.87. The molecule has 1 amide bonds. The monoisotopic (exact) mass is 415 g/mol. The number of halogens is 6. The molecule has 0 radical (unpaired) electrons. The molecule has 0 spiro atoms. The Balaban J connectivity index is 2.62. The lowest BCUT2D eigenvalue weighted by Gasteiger charge is -2.37. The molecule has 1 N–H and O–H groups in total. The number of carbonyl (C=O) groups excluding carboxylic acids is 1. The molecule has 1 aromatic carbocycles. The number of aliphatic hydroxyl groups is 1. The zero-order valence-corrected chi connectivity index (χ0v) is 15.6. The van der Waals surface area contributed by atoms with Gasteiger partial charge in [-0.1, -0.05) is 26.8 Å². The van der Waals surface area contributed by atoms with Crippen molar-refractivity contribution in [3.8, 4) is 0 Å². The van der Waals surface area contributed by atoms with Gasteiger partial charge in [0.15, 0.2) is 0 Å². The van der Waals surface area contributed by atoms with Gasteiger partial charge in [-0.05, 0) is 18.6 Å². The van der Waals surface area contributed by atoms with Crippen LogP contribution in [0.2, 0.25) is 0 Å². The zero-order chi connectivity index (χ0) is 20.8. The summed E-state index contributed by atoms with van der Waals surface area (Å²) in [7, 11) is 0. The third-order valence-corrected chi connectivity index (χ3v) is 5.78. The fourth-order valence-corrected chi connectivity index (χ4v) is 4.04. The molecule has 27 heavy (non-hydrogen) atoms. The van der Waals surface area contributed by atoms with Crippen LogP contribution in [0.3, 0.4) is 0 Å². The molecule has 0 fully saturated rings. The van der Waals surface area contributed by atoms with E-state index in [0.29, 0.717) is 25.1 Å². The molecule has 0 bridgehead atoms. The Bertz CT molecular complexity index is 702. The molecule has 0 saturated heterocycles. The fraction of sp³-hybridized carbons (Fsp3) is 0.588. The minimum absolute atomic E-state index is 0.103. The van der Waals surface area contributed by atoms with Crippen molar-refractivity contribution in [3.05, 3.63) is 23.8 Å². The van der Waals surface area contributed by atoms with Crippen molar-refractivity contribution in [2.45, 2.75) is 55.3 Å². The van der Waals surface area contributed by atoms with Gasteiger partial charge < -0.3 is 10.0 Å². The lowest BCUT2D eigenvalue weighted by atomic mass is 9.92. The van der Waals surface area contributed by atoms with Crippen LogP contribution < -0.4 is 4.90 Å². The number of hydrogen-bond acceptors (Lipinski definition) is 3. The minimum Gasteiger partial charge on any atom is -0.369 e. The second-order valence-corrected chi connectivity index (χ2v) is 7.98. The minimum atomic E-state index is -5.95. The predicted molar refractivity (Wildman–Crippen MR) is 89.6 cm³/mol. The standard InChI is InChI=1S/C17H19F6NO2S/c1-4-11-8-24(14(25)9(2)3)12-6-5-10(7-13(12)27-11)15(26,16(18,19)20)17(21,22)23/h5-7,9,11,26H,4,8H2,1-3H3/t11-/m0/s1. The molecule has 1 atom stereocenters. The first-order chi connectivity index (χ1) is 12.2. The number of benzene rings is 1. The summed E-state index contributed by atoms with van der Waals surface area (Å²) in [6, 6.07) is 2.29. The zero-order valence-electron chi connectivity index (χ0n) is 14.8. The molecule has 10 heteroatoms. The van der Waals surface area contributed by atoms with Gasteiger partial charge in [-0.25, -0.2) is 0 Å². The molecule has 0 unspecified atom stereocenters. The van der Waals surface area contributed by atoms with E-state index >= 15 is 0 Å². The number of anilines is 1. The molecule has 1 heterocycles. The Hall–Kier alpha value is -1.42. The summed E-state index contributed by atoms with van der Waals surface area (Å²) in [6.07, 6.45) is -11.3. The van der Waals surface area contributed by atoms with Crippen molar-refractivity contribution < 1.29 is 36.2 Å². The van der Waals surface area contributed by atoms with Gasteiger partial charge in [0.1, 0.15) is 0 Å². The fourth-order valence-electron chi connectivity index (χ4n) is 2.80. The van der Waals surface area contributed by atoms with Gasteiger partial charge in [0, 0.05) is 28.2 Å². The third kappa shape index (κ3) is 3.78. The summed E-state index contributed by atoms with van der Waals surface area (Å²) in [5, 5.41) is 9.42.